The van der Waals surface area contributed by atoms with E-state index in [9.17, 15) is 4.39 Å². The quantitative estimate of drug-likeness (QED) is 0.590. The van der Waals surface area contributed by atoms with Crippen LogP contribution in [0.5, 0.6) is 0 Å². The Kier molecular flexibility index (Phi) is 5.95. The lowest BCUT2D eigenvalue weighted by Gasteiger charge is -2.49. The van der Waals surface area contributed by atoms with Crippen LogP contribution in [0.2, 0.25) is 0 Å². The van der Waals surface area contributed by atoms with Crippen molar-refractivity contribution in [3.8, 4) is 0 Å². The van der Waals surface area contributed by atoms with Gasteiger partial charge in [0.05, 0.1) is 12.8 Å². The highest BCUT2D eigenvalue weighted by Crippen LogP contribution is 2.43. The molecule has 160 valence electrons. The van der Waals surface area contributed by atoms with Crippen molar-refractivity contribution >= 4 is 0 Å². The van der Waals surface area contributed by atoms with Gasteiger partial charge < -0.3 is 10.6 Å². The zero-order chi connectivity index (χ0) is 19.1. The summed E-state index contributed by atoms with van der Waals surface area (Å²) in [6, 6.07) is 1.95. The Morgan fingerprint density at radius 3 is 2.61 bits per heavy atom. The van der Waals surface area contributed by atoms with Crippen molar-refractivity contribution in [1.29, 1.82) is 0 Å². The van der Waals surface area contributed by atoms with Gasteiger partial charge in [-0.1, -0.05) is 6.92 Å². The van der Waals surface area contributed by atoms with Crippen molar-refractivity contribution in [1.82, 2.24) is 21.0 Å². The number of hydrogen-bond donors (Lipinski definition) is 3. The van der Waals surface area contributed by atoms with Crippen LogP contribution in [0.4, 0.5) is 4.39 Å². The Morgan fingerprint density at radius 1 is 0.893 bits per heavy atom. The van der Waals surface area contributed by atoms with Gasteiger partial charge in [0, 0.05) is 24.2 Å². The number of piperidine rings is 2. The van der Waals surface area contributed by atoms with Crippen LogP contribution >= 0.6 is 0 Å². The van der Waals surface area contributed by atoms with Gasteiger partial charge in [0.1, 0.15) is 6.17 Å². The first-order valence-electron chi connectivity index (χ1n) is 12.0. The predicted molar refractivity (Wildman–Crippen MR) is 108 cm³/mol. The van der Waals surface area contributed by atoms with E-state index in [1.54, 1.807) is 0 Å². The van der Waals surface area contributed by atoms with Gasteiger partial charge in [0.2, 0.25) is 0 Å². The number of halogens is 1. The van der Waals surface area contributed by atoms with Gasteiger partial charge >= 0.3 is 0 Å². The Labute approximate surface area is 169 Å². The Hall–Kier alpha value is -0.270. The molecule has 0 aromatic carbocycles. The van der Waals surface area contributed by atoms with Crippen LogP contribution in [-0.4, -0.2) is 61.3 Å². The van der Waals surface area contributed by atoms with Gasteiger partial charge in [-0.25, -0.2) is 4.39 Å². The van der Waals surface area contributed by atoms with Crippen LogP contribution < -0.4 is 16.0 Å². The van der Waals surface area contributed by atoms with Crippen molar-refractivity contribution in [3.05, 3.63) is 0 Å². The normalized spacial score (nSPS) is 50.6. The topological polar surface area (TPSA) is 48.6 Å². The van der Waals surface area contributed by atoms with Crippen LogP contribution in [0.3, 0.4) is 0 Å². The number of fused-ring (bicyclic) bond motifs is 5. The zero-order valence-electron chi connectivity index (χ0n) is 17.4. The molecule has 2 bridgehead atoms. The molecule has 5 fully saturated rings. The third-order valence-electron chi connectivity index (χ3n) is 8.38. The van der Waals surface area contributed by atoms with Crippen LogP contribution in [0.15, 0.2) is 0 Å². The summed E-state index contributed by atoms with van der Waals surface area (Å²) in [6.07, 6.45) is 9.27. The Morgan fingerprint density at radius 2 is 1.71 bits per heavy atom. The average molecular weight is 395 g/mol. The molecule has 4 heterocycles. The van der Waals surface area contributed by atoms with Crippen LogP contribution in [-0.2, 0) is 4.84 Å². The molecule has 1 aliphatic carbocycles. The first-order chi connectivity index (χ1) is 13.7. The third-order valence-corrected chi connectivity index (χ3v) is 8.38. The SMILES string of the molecule is C[C@@H]1CCNC2CCNC3CCC(NC23)N2OCC[C@@H]2C2CC(F)CCC2C1. The molecular formula is C22H39FN4O. The summed E-state index contributed by atoms with van der Waals surface area (Å²) in [7, 11) is 0. The maximum Gasteiger partial charge on any atom is 0.100 e. The molecular weight excluding hydrogens is 355 g/mol. The number of alkyl halides is 1. The molecule has 4 aliphatic heterocycles. The first-order valence-corrected chi connectivity index (χ1v) is 12.0. The van der Waals surface area contributed by atoms with E-state index in [2.05, 4.69) is 27.9 Å². The molecule has 4 saturated heterocycles. The lowest BCUT2D eigenvalue weighted by molar-refractivity contribution is -0.195. The minimum Gasteiger partial charge on any atom is -0.312 e. The van der Waals surface area contributed by atoms with E-state index in [1.165, 1.54) is 25.7 Å². The molecule has 1 saturated carbocycles. The summed E-state index contributed by atoms with van der Waals surface area (Å²) in [5.74, 6) is 1.80. The van der Waals surface area contributed by atoms with Gasteiger partial charge in [0.15, 0.2) is 0 Å². The number of rotatable bonds is 0. The highest BCUT2D eigenvalue weighted by atomic mass is 19.1. The monoisotopic (exact) mass is 394 g/mol. The molecule has 7 unspecified atom stereocenters. The standard InChI is InChI=1S/C22H39FN4O/c1-14-6-9-24-19-7-10-25-18-4-5-21(26-22(18)19)27-20(8-11-28-27)17-13-16(23)3-2-15(17)12-14/h14-22,24-26H,2-13H2,1H3/t14-,15?,16?,17?,18?,19?,20-,21?,22?/m1/s1. The van der Waals surface area contributed by atoms with Gasteiger partial charge in [-0.2, -0.15) is 5.06 Å². The van der Waals surface area contributed by atoms with Gasteiger partial charge in [-0.05, 0) is 88.6 Å². The molecule has 28 heavy (non-hydrogen) atoms. The number of nitrogens with one attached hydrogen (secondary N) is 3. The molecule has 3 N–H and O–H groups in total. The van der Waals surface area contributed by atoms with E-state index in [1.807, 2.05) is 0 Å². The fourth-order valence-electron chi connectivity index (χ4n) is 6.95. The van der Waals surface area contributed by atoms with Crippen LogP contribution in [0.1, 0.15) is 64.7 Å². The zero-order valence-corrected chi connectivity index (χ0v) is 17.4. The molecule has 9 atom stereocenters. The molecule has 0 spiro atoms. The summed E-state index contributed by atoms with van der Waals surface area (Å²) < 4.78 is 14.4. The predicted octanol–water partition coefficient (Wildman–Crippen LogP) is 2.57. The van der Waals surface area contributed by atoms with Crippen LogP contribution in [0.25, 0.3) is 0 Å². The van der Waals surface area contributed by atoms with Crippen molar-refractivity contribution in [3.63, 3.8) is 0 Å². The summed E-state index contributed by atoms with van der Waals surface area (Å²) in [5, 5.41) is 13.9. The van der Waals surface area contributed by atoms with E-state index >= 15 is 0 Å². The van der Waals surface area contributed by atoms with Gasteiger partial charge in [-0.15, -0.1) is 0 Å². The molecule has 0 aromatic rings. The molecule has 0 radical (unpaired) electrons. The van der Waals surface area contributed by atoms with E-state index in [0.29, 0.717) is 41.9 Å². The summed E-state index contributed by atoms with van der Waals surface area (Å²) >= 11 is 0. The number of nitrogens with zero attached hydrogens (tertiary/aromatic N) is 1. The van der Waals surface area contributed by atoms with E-state index in [-0.39, 0.29) is 6.17 Å². The second-order valence-corrected chi connectivity index (χ2v) is 10.2. The van der Waals surface area contributed by atoms with Crippen molar-refractivity contribution < 1.29 is 9.23 Å². The lowest BCUT2D eigenvalue weighted by atomic mass is 9.70. The van der Waals surface area contributed by atoms with Crippen molar-refractivity contribution in [2.75, 3.05) is 19.7 Å². The average Bonchev–Trinajstić information content (AvgIpc) is 3.18. The largest absolute Gasteiger partial charge is 0.312 e. The Balaban J connectivity index is 1.41. The summed E-state index contributed by atoms with van der Waals surface area (Å²) in [5.41, 5.74) is 0. The minimum absolute atomic E-state index is 0.275. The second kappa shape index (κ2) is 8.46. The van der Waals surface area contributed by atoms with Crippen LogP contribution in [0, 0.1) is 17.8 Å². The van der Waals surface area contributed by atoms with Crippen molar-refractivity contribution in [2.45, 2.75) is 101 Å². The number of hydrogen-bond acceptors (Lipinski definition) is 5. The lowest BCUT2D eigenvalue weighted by Crippen LogP contribution is -2.69. The fraction of sp³-hybridized carbons (Fsp3) is 1.00. The Bertz CT molecular complexity index is 537. The maximum absolute atomic E-state index is 14.4. The third kappa shape index (κ3) is 3.87. The maximum atomic E-state index is 14.4. The summed E-state index contributed by atoms with van der Waals surface area (Å²) in [6.45, 7) is 5.43. The number of hydroxylamine groups is 2. The van der Waals surface area contributed by atoms with Gasteiger partial charge in [-0.3, -0.25) is 10.2 Å². The van der Waals surface area contributed by atoms with E-state index < -0.39 is 6.17 Å². The smallest absolute Gasteiger partial charge is 0.100 e. The van der Waals surface area contributed by atoms with E-state index in [0.717, 1.165) is 51.8 Å². The highest BCUT2D eigenvalue weighted by molar-refractivity contribution is 5.02. The molecule has 0 amide bonds. The molecule has 5 aliphatic rings. The first kappa shape index (κ1) is 19.7. The van der Waals surface area contributed by atoms with E-state index in [4.69, 9.17) is 4.84 Å². The van der Waals surface area contributed by atoms with Crippen molar-refractivity contribution in [2.24, 2.45) is 17.8 Å². The summed E-state index contributed by atoms with van der Waals surface area (Å²) in [4.78, 5) is 6.22. The van der Waals surface area contributed by atoms with Gasteiger partial charge in [0.25, 0.3) is 0 Å². The molecule has 5 nitrogen and oxygen atoms in total. The fourth-order valence-corrected chi connectivity index (χ4v) is 6.95. The molecule has 0 aromatic heterocycles. The second-order valence-electron chi connectivity index (χ2n) is 10.2. The molecule has 5 rings (SSSR count). The minimum atomic E-state index is -0.619. The highest BCUT2D eigenvalue weighted by Gasteiger charge is 2.47. The molecule has 6 heteroatoms.